The molecule has 2 fully saturated rings. The summed E-state index contributed by atoms with van der Waals surface area (Å²) in [6, 6.07) is 0. The van der Waals surface area contributed by atoms with E-state index in [2.05, 4.69) is 62.3 Å². The first kappa shape index (κ1) is 14.4. The molecule has 2 aliphatic carbocycles. The maximum absolute atomic E-state index is 6.96. The molecule has 0 aromatic carbocycles. The Morgan fingerprint density at radius 1 is 0.889 bits per heavy atom. The van der Waals surface area contributed by atoms with Crippen molar-refractivity contribution in [2.24, 2.45) is 32.8 Å². The highest BCUT2D eigenvalue weighted by Crippen LogP contribution is 2.87. The maximum Gasteiger partial charge on any atom is 0.0242 e. The fourth-order valence-electron chi connectivity index (χ4n) is 6.58. The SMILES string of the molecule is CCC1(C)C(C)(N)C(C)(C)C2(C)CC(C)(C)C21C. The van der Waals surface area contributed by atoms with Gasteiger partial charge >= 0.3 is 0 Å². The Balaban J connectivity index is 2.77. The van der Waals surface area contributed by atoms with Crippen molar-refractivity contribution in [3.63, 3.8) is 0 Å². The van der Waals surface area contributed by atoms with Gasteiger partial charge in [-0.25, -0.2) is 0 Å². The van der Waals surface area contributed by atoms with Crippen LogP contribution in [0.25, 0.3) is 0 Å². The van der Waals surface area contributed by atoms with Crippen LogP contribution in [-0.4, -0.2) is 5.54 Å². The zero-order valence-electron chi connectivity index (χ0n) is 14.0. The van der Waals surface area contributed by atoms with Gasteiger partial charge in [0.1, 0.15) is 0 Å². The van der Waals surface area contributed by atoms with Gasteiger partial charge in [-0.3, -0.25) is 0 Å². The van der Waals surface area contributed by atoms with Gasteiger partial charge in [-0.05, 0) is 46.8 Å². The summed E-state index contributed by atoms with van der Waals surface area (Å²) in [6.07, 6.45) is 2.46. The molecule has 2 rings (SSSR count). The second kappa shape index (κ2) is 3.00. The second-order valence-electron chi connectivity index (χ2n) is 9.03. The molecular formula is C17H33N. The fraction of sp³-hybridized carbons (Fsp3) is 1.00. The lowest BCUT2D eigenvalue weighted by Crippen LogP contribution is -2.65. The van der Waals surface area contributed by atoms with Crippen molar-refractivity contribution in [3.8, 4) is 0 Å². The Bertz CT molecular complexity index is 392. The van der Waals surface area contributed by atoms with Gasteiger partial charge in [-0.15, -0.1) is 0 Å². The first-order valence-corrected chi connectivity index (χ1v) is 7.56. The first-order valence-electron chi connectivity index (χ1n) is 7.56. The molecule has 0 bridgehead atoms. The van der Waals surface area contributed by atoms with Gasteiger partial charge in [0.05, 0.1) is 0 Å². The molecule has 0 amide bonds. The molecule has 1 heteroatoms. The molecule has 2 N–H and O–H groups in total. The van der Waals surface area contributed by atoms with E-state index in [4.69, 9.17) is 5.73 Å². The van der Waals surface area contributed by atoms with E-state index in [0.29, 0.717) is 16.2 Å². The van der Waals surface area contributed by atoms with Crippen molar-refractivity contribution in [1.29, 1.82) is 0 Å². The van der Waals surface area contributed by atoms with Gasteiger partial charge in [0, 0.05) is 5.54 Å². The molecule has 4 unspecified atom stereocenters. The Kier molecular flexibility index (Phi) is 2.39. The standard InChI is InChI=1S/C17H33N/c1-10-14(6)16(8)12(2,3)11-15(16,7)13(4,5)17(14,9)18/h10-11,18H2,1-9H3. The quantitative estimate of drug-likeness (QED) is 0.724. The fourth-order valence-corrected chi connectivity index (χ4v) is 6.58. The van der Waals surface area contributed by atoms with E-state index in [1.807, 2.05) is 0 Å². The van der Waals surface area contributed by atoms with E-state index in [1.165, 1.54) is 12.8 Å². The van der Waals surface area contributed by atoms with Crippen molar-refractivity contribution >= 4 is 0 Å². The van der Waals surface area contributed by atoms with Crippen LogP contribution in [0.2, 0.25) is 0 Å². The predicted octanol–water partition coefficient (Wildman–Crippen LogP) is 4.60. The lowest BCUT2D eigenvalue weighted by atomic mass is 9.33. The maximum atomic E-state index is 6.96. The third-order valence-corrected chi connectivity index (χ3v) is 8.89. The summed E-state index contributed by atoms with van der Waals surface area (Å²) in [5, 5.41) is 0. The average molecular weight is 251 g/mol. The number of fused-ring (bicyclic) bond motifs is 1. The largest absolute Gasteiger partial charge is 0.324 e. The highest BCUT2D eigenvalue weighted by Gasteiger charge is 2.85. The average Bonchev–Trinajstić information content (AvgIpc) is 2.28. The van der Waals surface area contributed by atoms with Crippen LogP contribution >= 0.6 is 0 Å². The Labute approximate surface area is 114 Å². The van der Waals surface area contributed by atoms with Crippen molar-refractivity contribution in [3.05, 3.63) is 0 Å². The van der Waals surface area contributed by atoms with Crippen molar-refractivity contribution in [1.82, 2.24) is 0 Å². The third-order valence-electron chi connectivity index (χ3n) is 8.89. The van der Waals surface area contributed by atoms with Crippen LogP contribution in [0.15, 0.2) is 0 Å². The number of hydrogen-bond donors (Lipinski definition) is 1. The van der Waals surface area contributed by atoms with Crippen LogP contribution in [0.4, 0.5) is 0 Å². The Morgan fingerprint density at radius 2 is 1.33 bits per heavy atom. The third kappa shape index (κ3) is 0.901. The summed E-state index contributed by atoms with van der Waals surface area (Å²) < 4.78 is 0. The minimum absolute atomic E-state index is 0.119. The summed E-state index contributed by atoms with van der Waals surface area (Å²) in [5.74, 6) is 0. The topological polar surface area (TPSA) is 26.0 Å². The molecule has 0 aromatic heterocycles. The van der Waals surface area contributed by atoms with Gasteiger partial charge in [0.25, 0.3) is 0 Å². The number of hydrogen-bond acceptors (Lipinski definition) is 1. The van der Waals surface area contributed by atoms with Crippen LogP contribution in [0, 0.1) is 27.1 Å². The lowest BCUT2D eigenvalue weighted by molar-refractivity contribution is -0.234. The molecule has 2 saturated carbocycles. The minimum Gasteiger partial charge on any atom is -0.324 e. The summed E-state index contributed by atoms with van der Waals surface area (Å²) in [4.78, 5) is 0. The summed E-state index contributed by atoms with van der Waals surface area (Å²) >= 11 is 0. The molecule has 106 valence electrons. The van der Waals surface area contributed by atoms with Crippen LogP contribution in [0.1, 0.15) is 75.2 Å². The highest BCUT2D eigenvalue weighted by atomic mass is 15.0. The van der Waals surface area contributed by atoms with E-state index in [0.717, 1.165) is 0 Å². The minimum atomic E-state index is -0.119. The molecule has 0 heterocycles. The Morgan fingerprint density at radius 3 is 1.61 bits per heavy atom. The monoisotopic (exact) mass is 251 g/mol. The van der Waals surface area contributed by atoms with Gasteiger partial charge in [-0.2, -0.15) is 0 Å². The predicted molar refractivity (Wildman–Crippen MR) is 79.4 cm³/mol. The van der Waals surface area contributed by atoms with Gasteiger partial charge in [0.2, 0.25) is 0 Å². The van der Waals surface area contributed by atoms with Crippen molar-refractivity contribution < 1.29 is 0 Å². The van der Waals surface area contributed by atoms with E-state index in [1.54, 1.807) is 0 Å². The van der Waals surface area contributed by atoms with Crippen molar-refractivity contribution in [2.75, 3.05) is 0 Å². The summed E-state index contributed by atoms with van der Waals surface area (Å²) in [6.45, 7) is 21.8. The molecule has 1 nitrogen and oxygen atoms in total. The lowest BCUT2D eigenvalue weighted by Gasteiger charge is -2.71. The van der Waals surface area contributed by atoms with E-state index >= 15 is 0 Å². The van der Waals surface area contributed by atoms with Crippen LogP contribution in [0.5, 0.6) is 0 Å². The summed E-state index contributed by atoms with van der Waals surface area (Å²) in [7, 11) is 0. The van der Waals surface area contributed by atoms with Crippen LogP contribution in [0.3, 0.4) is 0 Å². The van der Waals surface area contributed by atoms with Gasteiger partial charge < -0.3 is 5.73 Å². The number of nitrogens with two attached hydrogens (primary N) is 1. The first-order chi connectivity index (χ1) is 7.77. The molecule has 0 spiro atoms. The van der Waals surface area contributed by atoms with Crippen LogP contribution < -0.4 is 5.73 Å². The van der Waals surface area contributed by atoms with Gasteiger partial charge in [-0.1, -0.05) is 55.4 Å². The molecule has 0 aromatic rings. The molecule has 4 atom stereocenters. The molecule has 18 heavy (non-hydrogen) atoms. The van der Waals surface area contributed by atoms with E-state index < -0.39 is 0 Å². The molecule has 0 radical (unpaired) electrons. The molecule has 0 aliphatic heterocycles. The second-order valence-corrected chi connectivity index (χ2v) is 9.03. The Hall–Kier alpha value is -0.0400. The molecular weight excluding hydrogens is 218 g/mol. The van der Waals surface area contributed by atoms with E-state index in [-0.39, 0.29) is 16.4 Å². The zero-order valence-corrected chi connectivity index (χ0v) is 14.0. The molecule has 0 saturated heterocycles. The smallest absolute Gasteiger partial charge is 0.0242 e. The highest BCUT2D eigenvalue weighted by molar-refractivity contribution is 5.35. The van der Waals surface area contributed by atoms with Crippen LogP contribution in [-0.2, 0) is 0 Å². The summed E-state index contributed by atoms with van der Waals surface area (Å²) in [5.41, 5.74) is 8.26. The van der Waals surface area contributed by atoms with Crippen molar-refractivity contribution in [2.45, 2.75) is 80.7 Å². The van der Waals surface area contributed by atoms with Gasteiger partial charge in [0.15, 0.2) is 0 Å². The molecule has 2 aliphatic rings. The number of rotatable bonds is 1. The van der Waals surface area contributed by atoms with E-state index in [9.17, 15) is 0 Å². The zero-order chi connectivity index (χ0) is 14.4. The normalized spacial score (nSPS) is 57.0.